The van der Waals surface area contributed by atoms with E-state index in [1.165, 1.54) is 0 Å². The number of aliphatic carboxylic acids is 1. The third-order valence-corrected chi connectivity index (χ3v) is 2.53. The smallest absolute Gasteiger partial charge is 0.306 e. The maximum atomic E-state index is 10.4. The molecule has 0 spiro atoms. The highest BCUT2D eigenvalue weighted by molar-refractivity contribution is 5.70. The number of rotatable bonds is 3. The molecule has 1 N–H and O–H groups in total. The van der Waals surface area contributed by atoms with Gasteiger partial charge in [0.25, 0.3) is 0 Å². The van der Waals surface area contributed by atoms with Crippen LogP contribution in [0.4, 0.5) is 0 Å². The molecule has 0 aromatic heterocycles. The molecule has 0 aliphatic heterocycles. The molecule has 1 fully saturated rings. The lowest BCUT2D eigenvalue weighted by Gasteiger charge is -2.02. The summed E-state index contributed by atoms with van der Waals surface area (Å²) in [6, 6.07) is 0. The van der Waals surface area contributed by atoms with Crippen molar-refractivity contribution in [3.05, 3.63) is 0 Å². The summed E-state index contributed by atoms with van der Waals surface area (Å²) >= 11 is 0. The van der Waals surface area contributed by atoms with Crippen LogP contribution in [0.1, 0.15) is 26.7 Å². The Morgan fingerprint density at radius 1 is 1.80 bits per heavy atom. The lowest BCUT2D eigenvalue weighted by atomic mass is 10.0. The third kappa shape index (κ3) is 1.31. The predicted octanol–water partition coefficient (Wildman–Crippen LogP) is 1.75. The van der Waals surface area contributed by atoms with Crippen LogP contribution in [0.15, 0.2) is 0 Å². The minimum Gasteiger partial charge on any atom is -0.481 e. The van der Waals surface area contributed by atoms with E-state index in [2.05, 4.69) is 6.92 Å². The Morgan fingerprint density at radius 3 is 2.70 bits per heavy atom. The van der Waals surface area contributed by atoms with Gasteiger partial charge in [0.05, 0.1) is 5.92 Å². The fourth-order valence-corrected chi connectivity index (χ4v) is 1.54. The molecule has 0 radical (unpaired) electrons. The fraction of sp³-hybridized carbons (Fsp3) is 0.875. The van der Waals surface area contributed by atoms with Gasteiger partial charge in [-0.3, -0.25) is 4.79 Å². The Morgan fingerprint density at radius 2 is 2.40 bits per heavy atom. The van der Waals surface area contributed by atoms with E-state index in [1.807, 2.05) is 6.92 Å². The molecule has 0 amide bonds. The van der Waals surface area contributed by atoms with Crippen LogP contribution in [0, 0.1) is 17.8 Å². The van der Waals surface area contributed by atoms with Crippen LogP contribution in [0.5, 0.6) is 0 Å². The quantitative estimate of drug-likeness (QED) is 0.651. The topological polar surface area (TPSA) is 37.3 Å². The zero-order valence-electron chi connectivity index (χ0n) is 6.50. The Kier molecular flexibility index (Phi) is 1.97. The van der Waals surface area contributed by atoms with Gasteiger partial charge >= 0.3 is 5.97 Å². The van der Waals surface area contributed by atoms with E-state index in [-0.39, 0.29) is 5.92 Å². The van der Waals surface area contributed by atoms with Gasteiger partial charge in [0.2, 0.25) is 0 Å². The monoisotopic (exact) mass is 142 g/mol. The van der Waals surface area contributed by atoms with Gasteiger partial charge in [-0.15, -0.1) is 0 Å². The molecule has 0 saturated heterocycles. The Bertz CT molecular complexity index is 142. The van der Waals surface area contributed by atoms with E-state index in [1.54, 1.807) is 0 Å². The number of carbonyl (C=O) groups is 1. The maximum absolute atomic E-state index is 10.4. The Labute approximate surface area is 61.2 Å². The van der Waals surface area contributed by atoms with E-state index in [9.17, 15) is 4.79 Å². The van der Waals surface area contributed by atoms with Gasteiger partial charge in [0, 0.05) is 0 Å². The molecule has 3 unspecified atom stereocenters. The molecule has 58 valence electrons. The van der Waals surface area contributed by atoms with E-state index in [4.69, 9.17) is 5.11 Å². The van der Waals surface area contributed by atoms with Crippen molar-refractivity contribution in [2.75, 3.05) is 0 Å². The van der Waals surface area contributed by atoms with Crippen LogP contribution in [-0.4, -0.2) is 11.1 Å². The average Bonchev–Trinajstić information content (AvgIpc) is 2.64. The van der Waals surface area contributed by atoms with Gasteiger partial charge < -0.3 is 5.11 Å². The third-order valence-electron chi connectivity index (χ3n) is 2.53. The van der Waals surface area contributed by atoms with Gasteiger partial charge in [-0.1, -0.05) is 20.3 Å². The van der Waals surface area contributed by atoms with Gasteiger partial charge in [-0.2, -0.15) is 0 Å². The number of carboxylic acids is 1. The van der Waals surface area contributed by atoms with Gasteiger partial charge in [0.15, 0.2) is 0 Å². The first-order chi connectivity index (χ1) is 4.66. The summed E-state index contributed by atoms with van der Waals surface area (Å²) in [7, 11) is 0. The molecule has 2 nitrogen and oxygen atoms in total. The van der Waals surface area contributed by atoms with Gasteiger partial charge in [-0.25, -0.2) is 0 Å². The first-order valence-corrected chi connectivity index (χ1v) is 3.89. The standard InChI is InChI=1S/C8H14O2/c1-3-6-4-7(6)5(2)8(9)10/h5-7H,3-4H2,1-2H3,(H,9,10). The SMILES string of the molecule is CCC1CC1C(C)C(=O)O. The number of carboxylic acid groups (broad SMARTS) is 1. The average molecular weight is 142 g/mol. The Hall–Kier alpha value is -0.530. The first kappa shape index (κ1) is 7.58. The second-order valence-corrected chi connectivity index (χ2v) is 3.19. The van der Waals surface area contributed by atoms with Crippen molar-refractivity contribution in [2.24, 2.45) is 17.8 Å². The summed E-state index contributed by atoms with van der Waals surface area (Å²) in [4.78, 5) is 10.4. The maximum Gasteiger partial charge on any atom is 0.306 e. The molecule has 2 heteroatoms. The van der Waals surface area contributed by atoms with Crippen molar-refractivity contribution in [2.45, 2.75) is 26.7 Å². The van der Waals surface area contributed by atoms with Crippen molar-refractivity contribution in [3.63, 3.8) is 0 Å². The summed E-state index contributed by atoms with van der Waals surface area (Å²) < 4.78 is 0. The second kappa shape index (κ2) is 2.60. The molecular formula is C8H14O2. The number of hydrogen-bond donors (Lipinski definition) is 1. The molecule has 0 heterocycles. The normalized spacial score (nSPS) is 33.4. The predicted molar refractivity (Wildman–Crippen MR) is 38.7 cm³/mol. The van der Waals surface area contributed by atoms with E-state index in [0.29, 0.717) is 11.8 Å². The highest BCUT2D eigenvalue weighted by Gasteiger charge is 2.42. The lowest BCUT2D eigenvalue weighted by Crippen LogP contribution is -2.12. The van der Waals surface area contributed by atoms with Crippen LogP contribution in [0.25, 0.3) is 0 Å². The summed E-state index contributed by atoms with van der Waals surface area (Å²) in [5, 5.41) is 8.61. The molecule has 1 rings (SSSR count). The van der Waals surface area contributed by atoms with Crippen molar-refractivity contribution < 1.29 is 9.90 Å². The molecule has 1 saturated carbocycles. The highest BCUT2D eigenvalue weighted by atomic mass is 16.4. The molecule has 0 bridgehead atoms. The zero-order chi connectivity index (χ0) is 7.72. The minimum atomic E-state index is -0.638. The van der Waals surface area contributed by atoms with E-state index in [0.717, 1.165) is 12.8 Å². The Balaban J connectivity index is 2.32. The van der Waals surface area contributed by atoms with Crippen molar-refractivity contribution in [1.82, 2.24) is 0 Å². The zero-order valence-corrected chi connectivity index (χ0v) is 6.50. The van der Waals surface area contributed by atoms with Crippen LogP contribution in [-0.2, 0) is 4.79 Å². The fourth-order valence-electron chi connectivity index (χ4n) is 1.54. The van der Waals surface area contributed by atoms with Crippen LogP contribution < -0.4 is 0 Å². The molecule has 1 aliphatic rings. The summed E-state index contributed by atoms with van der Waals surface area (Å²) in [6.45, 7) is 3.93. The van der Waals surface area contributed by atoms with Crippen LogP contribution in [0.2, 0.25) is 0 Å². The first-order valence-electron chi connectivity index (χ1n) is 3.89. The van der Waals surface area contributed by atoms with Crippen molar-refractivity contribution in [3.8, 4) is 0 Å². The van der Waals surface area contributed by atoms with E-state index < -0.39 is 5.97 Å². The molecule has 0 aromatic rings. The van der Waals surface area contributed by atoms with E-state index >= 15 is 0 Å². The van der Waals surface area contributed by atoms with Crippen LogP contribution in [0.3, 0.4) is 0 Å². The minimum absolute atomic E-state index is 0.120. The molecule has 1 aliphatic carbocycles. The van der Waals surface area contributed by atoms with Gasteiger partial charge in [0.1, 0.15) is 0 Å². The second-order valence-electron chi connectivity index (χ2n) is 3.19. The van der Waals surface area contributed by atoms with Crippen LogP contribution >= 0.6 is 0 Å². The van der Waals surface area contributed by atoms with Crippen molar-refractivity contribution >= 4 is 5.97 Å². The summed E-state index contributed by atoms with van der Waals surface area (Å²) in [5.41, 5.74) is 0. The summed E-state index contributed by atoms with van der Waals surface area (Å²) in [5.74, 6) is 0.416. The van der Waals surface area contributed by atoms with Crippen molar-refractivity contribution in [1.29, 1.82) is 0 Å². The molecule has 0 aromatic carbocycles. The molecular weight excluding hydrogens is 128 g/mol. The molecule has 10 heavy (non-hydrogen) atoms. The molecule has 3 atom stereocenters. The number of hydrogen-bond acceptors (Lipinski definition) is 1. The van der Waals surface area contributed by atoms with Gasteiger partial charge in [-0.05, 0) is 18.3 Å². The highest BCUT2D eigenvalue weighted by Crippen LogP contribution is 2.46. The summed E-state index contributed by atoms with van der Waals surface area (Å²) in [6.07, 6.45) is 2.27. The lowest BCUT2D eigenvalue weighted by molar-refractivity contribution is -0.141. The largest absolute Gasteiger partial charge is 0.481 e.